The van der Waals surface area contributed by atoms with E-state index < -0.39 is 5.51 Å². The van der Waals surface area contributed by atoms with Crippen molar-refractivity contribution in [2.45, 2.75) is 5.51 Å². The summed E-state index contributed by atoms with van der Waals surface area (Å²) in [5.41, 5.74) is -1.67. The zero-order chi connectivity index (χ0) is 13.7. The molecule has 96 valence electrons. The van der Waals surface area contributed by atoms with Gasteiger partial charge in [-0.05, 0) is 28.5 Å². The van der Waals surface area contributed by atoms with Crippen molar-refractivity contribution in [1.82, 2.24) is 0 Å². The molecule has 0 fully saturated rings. The SMILES string of the molecule is FC(F)(F)SC#Cc1ccc(-c2ccccc2)cc1. The van der Waals surface area contributed by atoms with E-state index >= 15 is 0 Å². The van der Waals surface area contributed by atoms with Gasteiger partial charge in [0.15, 0.2) is 0 Å². The standard InChI is InChI=1S/C15H9F3S/c16-15(17,18)19-11-10-12-6-8-14(9-7-12)13-4-2-1-3-5-13/h1-9H. The van der Waals surface area contributed by atoms with Crippen molar-refractivity contribution in [2.24, 2.45) is 0 Å². The van der Waals surface area contributed by atoms with Gasteiger partial charge in [-0.2, -0.15) is 13.2 Å². The van der Waals surface area contributed by atoms with Crippen LogP contribution in [0.4, 0.5) is 13.2 Å². The molecule has 0 aliphatic rings. The maximum Gasteiger partial charge on any atom is 0.453 e. The van der Waals surface area contributed by atoms with Crippen LogP contribution in [-0.4, -0.2) is 5.51 Å². The summed E-state index contributed by atoms with van der Waals surface area (Å²) in [7, 11) is 0. The van der Waals surface area contributed by atoms with Crippen LogP contribution in [0, 0.1) is 11.2 Å². The van der Waals surface area contributed by atoms with Crippen LogP contribution in [0.5, 0.6) is 0 Å². The summed E-state index contributed by atoms with van der Waals surface area (Å²) in [6.07, 6.45) is 0. The molecule has 0 amide bonds. The van der Waals surface area contributed by atoms with E-state index in [4.69, 9.17) is 0 Å². The van der Waals surface area contributed by atoms with E-state index in [1.807, 2.05) is 47.7 Å². The Hall–Kier alpha value is -1.86. The topological polar surface area (TPSA) is 0 Å². The smallest absolute Gasteiger partial charge is 0.160 e. The highest BCUT2D eigenvalue weighted by molar-refractivity contribution is 8.04. The number of hydrogen-bond donors (Lipinski definition) is 0. The van der Waals surface area contributed by atoms with Gasteiger partial charge in [-0.15, -0.1) is 0 Å². The summed E-state index contributed by atoms with van der Waals surface area (Å²) < 4.78 is 35.7. The van der Waals surface area contributed by atoms with E-state index in [9.17, 15) is 13.2 Å². The second kappa shape index (κ2) is 5.85. The average Bonchev–Trinajstić information content (AvgIpc) is 2.39. The molecule has 0 aromatic heterocycles. The molecule has 0 spiro atoms. The minimum atomic E-state index is -4.31. The van der Waals surface area contributed by atoms with E-state index in [2.05, 4.69) is 5.92 Å². The van der Waals surface area contributed by atoms with Gasteiger partial charge >= 0.3 is 5.51 Å². The minimum absolute atomic E-state index is 0.332. The first kappa shape index (κ1) is 13.6. The van der Waals surface area contributed by atoms with Crippen LogP contribution in [0.2, 0.25) is 0 Å². The summed E-state index contributed by atoms with van der Waals surface area (Å²) in [6, 6.07) is 16.9. The van der Waals surface area contributed by atoms with Crippen molar-refractivity contribution in [3.8, 4) is 22.3 Å². The lowest BCUT2D eigenvalue weighted by Crippen LogP contribution is -1.96. The Morgan fingerprint density at radius 3 is 1.95 bits per heavy atom. The minimum Gasteiger partial charge on any atom is -0.160 e. The molecule has 0 aliphatic heterocycles. The molecule has 2 rings (SSSR count). The summed E-state index contributed by atoms with van der Waals surface area (Å²) in [6.45, 7) is 0. The highest BCUT2D eigenvalue weighted by Crippen LogP contribution is 2.29. The van der Waals surface area contributed by atoms with E-state index in [0.29, 0.717) is 5.56 Å². The monoisotopic (exact) mass is 278 g/mol. The first-order chi connectivity index (χ1) is 9.04. The molecule has 19 heavy (non-hydrogen) atoms. The third kappa shape index (κ3) is 4.38. The molecule has 0 aliphatic carbocycles. The van der Waals surface area contributed by atoms with Gasteiger partial charge in [0.2, 0.25) is 0 Å². The van der Waals surface area contributed by atoms with Crippen LogP contribution in [0.3, 0.4) is 0 Å². The van der Waals surface area contributed by atoms with Gasteiger partial charge in [0.25, 0.3) is 0 Å². The number of benzene rings is 2. The summed E-state index contributed by atoms with van der Waals surface area (Å²) in [5, 5.41) is 2.04. The molecule has 0 saturated carbocycles. The summed E-state index contributed by atoms with van der Waals surface area (Å²) in [5.74, 6) is 2.47. The predicted molar refractivity (Wildman–Crippen MR) is 72.4 cm³/mol. The van der Waals surface area contributed by atoms with E-state index in [1.165, 1.54) is 0 Å². The Bertz CT molecular complexity index is 589. The van der Waals surface area contributed by atoms with Crippen molar-refractivity contribution >= 4 is 11.8 Å². The largest absolute Gasteiger partial charge is 0.453 e. The molecule has 0 unspecified atom stereocenters. The molecular formula is C15H9F3S. The van der Waals surface area contributed by atoms with Gasteiger partial charge in [0.05, 0.1) is 0 Å². The third-order valence-corrected chi connectivity index (χ3v) is 2.79. The molecule has 0 N–H and O–H groups in total. The molecule has 2 aromatic rings. The van der Waals surface area contributed by atoms with Gasteiger partial charge in [0, 0.05) is 17.3 Å². The second-order valence-corrected chi connectivity index (χ2v) is 4.59. The van der Waals surface area contributed by atoms with Crippen molar-refractivity contribution in [1.29, 1.82) is 0 Å². The Kier molecular flexibility index (Phi) is 4.18. The normalized spacial score (nSPS) is 10.7. The zero-order valence-corrected chi connectivity index (χ0v) is 10.6. The average molecular weight is 278 g/mol. The van der Waals surface area contributed by atoms with Gasteiger partial charge in [-0.25, -0.2) is 0 Å². The highest BCUT2D eigenvalue weighted by Gasteiger charge is 2.27. The van der Waals surface area contributed by atoms with Crippen LogP contribution < -0.4 is 0 Å². The highest BCUT2D eigenvalue weighted by atomic mass is 32.2. The Labute approximate surface area is 113 Å². The molecule has 0 heterocycles. The Morgan fingerprint density at radius 2 is 1.37 bits per heavy atom. The predicted octanol–water partition coefficient (Wildman–Crippen LogP) is 4.92. The van der Waals surface area contributed by atoms with Crippen molar-refractivity contribution in [2.75, 3.05) is 0 Å². The van der Waals surface area contributed by atoms with Crippen LogP contribution in [0.15, 0.2) is 54.6 Å². The van der Waals surface area contributed by atoms with Crippen molar-refractivity contribution in [3.63, 3.8) is 0 Å². The number of rotatable bonds is 1. The molecular weight excluding hydrogens is 269 g/mol. The molecule has 0 nitrogen and oxygen atoms in total. The second-order valence-electron chi connectivity index (χ2n) is 3.72. The summed E-state index contributed by atoms with van der Waals surface area (Å²) in [4.78, 5) is 0. The van der Waals surface area contributed by atoms with E-state index in [0.717, 1.165) is 11.1 Å². The van der Waals surface area contributed by atoms with Crippen molar-refractivity contribution < 1.29 is 13.2 Å². The first-order valence-corrected chi connectivity index (χ1v) is 6.27. The maximum atomic E-state index is 11.9. The molecule has 0 saturated heterocycles. The van der Waals surface area contributed by atoms with Gasteiger partial charge in [0.1, 0.15) is 0 Å². The van der Waals surface area contributed by atoms with E-state index in [1.54, 1.807) is 12.1 Å². The Morgan fingerprint density at radius 1 is 0.789 bits per heavy atom. The van der Waals surface area contributed by atoms with Crippen molar-refractivity contribution in [3.05, 3.63) is 60.2 Å². The summed E-state index contributed by atoms with van der Waals surface area (Å²) >= 11 is -0.332. The van der Waals surface area contributed by atoms with Gasteiger partial charge < -0.3 is 0 Å². The van der Waals surface area contributed by atoms with Crippen LogP contribution in [0.1, 0.15) is 5.56 Å². The lowest BCUT2D eigenvalue weighted by atomic mass is 10.0. The maximum absolute atomic E-state index is 11.9. The van der Waals surface area contributed by atoms with Crippen LogP contribution in [0.25, 0.3) is 11.1 Å². The third-order valence-electron chi connectivity index (χ3n) is 2.35. The van der Waals surface area contributed by atoms with E-state index in [-0.39, 0.29) is 11.8 Å². The van der Waals surface area contributed by atoms with Gasteiger partial charge in [-0.3, -0.25) is 0 Å². The number of hydrogen-bond acceptors (Lipinski definition) is 1. The van der Waals surface area contributed by atoms with Crippen LogP contribution >= 0.6 is 11.8 Å². The lowest BCUT2D eigenvalue weighted by Gasteiger charge is -2.01. The number of alkyl halides is 3. The molecule has 4 heteroatoms. The van der Waals surface area contributed by atoms with Gasteiger partial charge in [-0.1, -0.05) is 48.4 Å². The van der Waals surface area contributed by atoms with Crippen LogP contribution in [-0.2, 0) is 0 Å². The number of thioether (sulfide) groups is 1. The molecule has 0 bridgehead atoms. The molecule has 0 atom stereocenters. The number of halogens is 3. The fraction of sp³-hybridized carbons (Fsp3) is 0.0667. The quantitative estimate of drug-likeness (QED) is 0.667. The zero-order valence-electron chi connectivity index (χ0n) is 9.74. The molecule has 2 aromatic carbocycles. The fourth-order valence-corrected chi connectivity index (χ4v) is 1.80. The lowest BCUT2D eigenvalue weighted by molar-refractivity contribution is -0.0318. The first-order valence-electron chi connectivity index (χ1n) is 5.46. The Balaban J connectivity index is 2.11. The fourth-order valence-electron chi connectivity index (χ4n) is 1.52. The molecule has 0 radical (unpaired) electrons.